The zero-order chi connectivity index (χ0) is 74.6. The van der Waals surface area contributed by atoms with Gasteiger partial charge in [-0.1, -0.05) is 285 Å². The van der Waals surface area contributed by atoms with E-state index < -0.39 is 97.5 Å². The summed E-state index contributed by atoms with van der Waals surface area (Å²) in [6, 6.07) is 0. The van der Waals surface area contributed by atoms with Crippen molar-refractivity contribution in [2.75, 3.05) is 39.6 Å². The lowest BCUT2D eigenvalue weighted by molar-refractivity contribution is -0.161. The SMILES string of the molecule is CC/C=C\C/C=C\C/C=C\C/C=C\C/C=C\CCCCCC(=O)O[C@H](COC(=O)CCCCCCCCCCCCCCC)COP(=O)(O)OC[C@H](O)COP(=O)(O)OC[C@@H](COC(=O)CCCCCCC/C=C\C/C=C\CCCCC)OC(=O)CCCCCCC/C=C\C/C=C\CCCCC. The van der Waals surface area contributed by atoms with Crippen molar-refractivity contribution in [1.82, 2.24) is 0 Å². The topological polar surface area (TPSA) is 237 Å². The summed E-state index contributed by atoms with van der Waals surface area (Å²) >= 11 is 0. The highest BCUT2D eigenvalue weighted by molar-refractivity contribution is 7.47. The fraction of sp³-hybridized carbons (Fsp3) is 0.735. The average Bonchev–Trinajstić information content (AvgIpc) is 0.924. The Bertz CT molecular complexity index is 2360. The number of aliphatic hydroxyl groups excluding tert-OH is 1. The molecule has 0 fully saturated rings. The van der Waals surface area contributed by atoms with Gasteiger partial charge in [-0.05, 0) is 135 Å². The van der Waals surface area contributed by atoms with Gasteiger partial charge in [0.25, 0.3) is 0 Å². The van der Waals surface area contributed by atoms with Crippen LogP contribution in [0, 0.1) is 0 Å². The van der Waals surface area contributed by atoms with Crippen LogP contribution in [-0.2, 0) is 65.4 Å². The van der Waals surface area contributed by atoms with Crippen LogP contribution in [-0.4, -0.2) is 96.7 Å². The average molecular weight is 1480 g/mol. The van der Waals surface area contributed by atoms with Gasteiger partial charge in [0.15, 0.2) is 12.2 Å². The Morgan fingerprint density at radius 1 is 0.284 bits per heavy atom. The van der Waals surface area contributed by atoms with E-state index in [1.807, 2.05) is 0 Å². The molecule has 0 aliphatic carbocycles. The second kappa shape index (κ2) is 75.0. The molecule has 0 aromatic carbocycles. The van der Waals surface area contributed by atoms with Crippen molar-refractivity contribution < 1.29 is 80.2 Å². The van der Waals surface area contributed by atoms with Gasteiger partial charge in [-0.15, -0.1) is 0 Å². The van der Waals surface area contributed by atoms with Gasteiger partial charge in [0.2, 0.25) is 0 Å². The largest absolute Gasteiger partial charge is 0.472 e. The van der Waals surface area contributed by atoms with Crippen LogP contribution in [0.2, 0.25) is 0 Å². The fourth-order valence-corrected chi connectivity index (χ4v) is 12.2. The van der Waals surface area contributed by atoms with E-state index in [1.54, 1.807) is 0 Å². The second-order valence-corrected chi connectivity index (χ2v) is 29.5. The molecule has 0 bridgehead atoms. The lowest BCUT2D eigenvalue weighted by Crippen LogP contribution is -2.30. The predicted molar refractivity (Wildman–Crippen MR) is 418 cm³/mol. The van der Waals surface area contributed by atoms with Crippen LogP contribution in [0.15, 0.2) is 109 Å². The van der Waals surface area contributed by atoms with Gasteiger partial charge >= 0.3 is 39.5 Å². The number of esters is 4. The Kier molecular flexibility index (Phi) is 71.8. The second-order valence-electron chi connectivity index (χ2n) is 26.6. The third-order valence-electron chi connectivity index (χ3n) is 16.7. The summed E-state index contributed by atoms with van der Waals surface area (Å²) in [5.74, 6) is -2.23. The highest BCUT2D eigenvalue weighted by Gasteiger charge is 2.30. The molecular weight excluding hydrogens is 1330 g/mol. The van der Waals surface area contributed by atoms with Crippen molar-refractivity contribution in [1.29, 1.82) is 0 Å². The zero-order valence-electron chi connectivity index (χ0n) is 64.3. The van der Waals surface area contributed by atoms with Gasteiger partial charge in [0, 0.05) is 25.7 Å². The summed E-state index contributed by atoms with van der Waals surface area (Å²) in [4.78, 5) is 73.0. The molecule has 0 aliphatic rings. The number of aliphatic hydroxyl groups is 1. The molecule has 0 aromatic heterocycles. The minimum Gasteiger partial charge on any atom is -0.462 e. The van der Waals surface area contributed by atoms with Crippen LogP contribution in [0.4, 0.5) is 0 Å². The highest BCUT2D eigenvalue weighted by atomic mass is 31.2. The normalized spacial score (nSPS) is 14.5. The van der Waals surface area contributed by atoms with Crippen LogP contribution in [0.3, 0.4) is 0 Å². The van der Waals surface area contributed by atoms with E-state index in [-0.39, 0.29) is 25.7 Å². The monoisotopic (exact) mass is 1470 g/mol. The van der Waals surface area contributed by atoms with Gasteiger partial charge in [-0.25, -0.2) is 9.13 Å². The van der Waals surface area contributed by atoms with Crippen molar-refractivity contribution in [3.8, 4) is 0 Å². The summed E-state index contributed by atoms with van der Waals surface area (Å²) < 4.78 is 68.6. The number of carbonyl (C=O) groups excluding carboxylic acids is 4. The van der Waals surface area contributed by atoms with Crippen molar-refractivity contribution in [2.24, 2.45) is 0 Å². The van der Waals surface area contributed by atoms with Gasteiger partial charge in [0.05, 0.1) is 26.4 Å². The molecule has 3 N–H and O–H groups in total. The molecule has 0 saturated heterocycles. The molecule has 588 valence electrons. The van der Waals surface area contributed by atoms with E-state index in [1.165, 1.54) is 96.3 Å². The molecule has 0 aliphatic heterocycles. The number of unbranched alkanes of at least 4 members (excludes halogenated alkanes) is 31. The lowest BCUT2D eigenvalue weighted by atomic mass is 10.0. The third kappa shape index (κ3) is 74.0. The summed E-state index contributed by atoms with van der Waals surface area (Å²) in [5, 5.41) is 10.6. The molecule has 0 radical (unpaired) electrons. The number of rotatable bonds is 75. The number of carbonyl (C=O) groups is 4. The molecule has 0 spiro atoms. The van der Waals surface area contributed by atoms with E-state index >= 15 is 0 Å². The van der Waals surface area contributed by atoms with Crippen LogP contribution < -0.4 is 0 Å². The number of ether oxygens (including phenoxy) is 4. The number of hydrogen-bond acceptors (Lipinski definition) is 15. The van der Waals surface area contributed by atoms with E-state index in [2.05, 4.69) is 137 Å². The molecular formula is C83H144O17P2. The predicted octanol–water partition coefficient (Wildman–Crippen LogP) is 23.3. The number of phosphoric acid groups is 2. The Morgan fingerprint density at radius 3 is 0.814 bits per heavy atom. The Hall–Kier alpha value is -4.28. The van der Waals surface area contributed by atoms with Crippen LogP contribution >= 0.6 is 15.6 Å². The number of allylic oxidation sites excluding steroid dienone is 18. The first-order chi connectivity index (χ1) is 49.7. The van der Waals surface area contributed by atoms with Crippen molar-refractivity contribution in [3.63, 3.8) is 0 Å². The fourth-order valence-electron chi connectivity index (χ4n) is 10.6. The Labute approximate surface area is 619 Å². The van der Waals surface area contributed by atoms with Crippen molar-refractivity contribution in [3.05, 3.63) is 109 Å². The van der Waals surface area contributed by atoms with Crippen LogP contribution in [0.5, 0.6) is 0 Å². The molecule has 0 rings (SSSR count). The van der Waals surface area contributed by atoms with Crippen molar-refractivity contribution >= 4 is 39.5 Å². The molecule has 0 amide bonds. The summed E-state index contributed by atoms with van der Waals surface area (Å²) in [7, 11) is -9.97. The van der Waals surface area contributed by atoms with E-state index in [0.717, 1.165) is 161 Å². The van der Waals surface area contributed by atoms with Crippen LogP contribution in [0.1, 0.15) is 336 Å². The molecule has 102 heavy (non-hydrogen) atoms. The van der Waals surface area contributed by atoms with Gasteiger partial charge < -0.3 is 33.8 Å². The van der Waals surface area contributed by atoms with Crippen LogP contribution in [0.25, 0.3) is 0 Å². The lowest BCUT2D eigenvalue weighted by Gasteiger charge is -2.21. The smallest absolute Gasteiger partial charge is 0.462 e. The maximum absolute atomic E-state index is 13.1. The number of phosphoric ester groups is 2. The highest BCUT2D eigenvalue weighted by Crippen LogP contribution is 2.45. The summed E-state index contributed by atoms with van der Waals surface area (Å²) in [6.07, 6.45) is 80.6. The number of hydrogen-bond donors (Lipinski definition) is 3. The van der Waals surface area contributed by atoms with E-state index in [9.17, 15) is 43.2 Å². The molecule has 0 aromatic rings. The standard InChI is InChI=1S/C83H144O17P2/c1-5-9-13-17-21-25-29-33-36-37-38-39-42-46-50-54-58-62-66-70-83(88)100-78(73-93-80(85)67-63-59-55-51-47-43-32-28-24-20-16-12-8-4)75-97-101(89,90)95-71-77(84)72-96-102(91,92)98-76-79(99-82(87)69-65-61-57-53-49-45-41-35-31-27-23-19-15-11-7-3)74-94-81(86)68-64-60-56-52-48-44-40-34-30-26-22-18-14-10-6-2/h9,13,21-23,25-27,33-36,38-41,46,50,77-79,84H,5-8,10-12,14-20,24,28-32,37,42-45,47-49,51-76H2,1-4H3,(H,89,90)(H,91,92)/b13-9-,25-21-,26-22-,27-23-,36-33-,39-38-,40-34-,41-35-,50-46-/t77-,78+,79+/m0/s1. The Morgan fingerprint density at radius 2 is 0.510 bits per heavy atom. The first-order valence-corrected chi connectivity index (χ1v) is 43.1. The van der Waals surface area contributed by atoms with Gasteiger partial charge in [0.1, 0.15) is 19.3 Å². The quantitative estimate of drug-likeness (QED) is 0.0169. The molecule has 0 heterocycles. The molecule has 19 heteroatoms. The van der Waals surface area contributed by atoms with Gasteiger partial charge in [-0.3, -0.25) is 37.3 Å². The molecule has 5 atom stereocenters. The maximum Gasteiger partial charge on any atom is 0.472 e. The Balaban J connectivity index is 5.40. The summed E-state index contributed by atoms with van der Waals surface area (Å²) in [5.41, 5.74) is 0. The maximum atomic E-state index is 13.1. The van der Waals surface area contributed by atoms with Crippen molar-refractivity contribution in [2.45, 2.75) is 354 Å². The minimum atomic E-state index is -4.99. The summed E-state index contributed by atoms with van der Waals surface area (Å²) in [6.45, 7) is 4.67. The molecule has 17 nitrogen and oxygen atoms in total. The first-order valence-electron chi connectivity index (χ1n) is 40.1. The zero-order valence-corrected chi connectivity index (χ0v) is 66.0. The third-order valence-corrected chi connectivity index (χ3v) is 18.6. The van der Waals surface area contributed by atoms with Gasteiger partial charge in [-0.2, -0.15) is 0 Å². The minimum absolute atomic E-state index is 0.0560. The van der Waals surface area contributed by atoms with E-state index in [4.69, 9.17) is 37.0 Å². The first kappa shape index (κ1) is 97.7. The molecule has 0 saturated carbocycles. The molecule has 2 unspecified atom stereocenters. The van der Waals surface area contributed by atoms with E-state index in [0.29, 0.717) is 25.7 Å².